The molecule has 1 rings (SSSR count). The maximum absolute atomic E-state index is 5.76. The van der Waals surface area contributed by atoms with E-state index in [2.05, 4.69) is 20.8 Å². The SMILES string of the molecule is CCOC1CCCCC1C(C)C. The molecular weight excluding hydrogens is 148 g/mol. The van der Waals surface area contributed by atoms with E-state index in [0.717, 1.165) is 18.4 Å². The summed E-state index contributed by atoms with van der Waals surface area (Å²) in [6.45, 7) is 7.63. The Morgan fingerprint density at radius 2 is 1.92 bits per heavy atom. The molecule has 0 bridgehead atoms. The lowest BCUT2D eigenvalue weighted by Gasteiger charge is -2.33. The van der Waals surface area contributed by atoms with E-state index >= 15 is 0 Å². The van der Waals surface area contributed by atoms with Gasteiger partial charge in [0.05, 0.1) is 6.10 Å². The molecule has 0 aromatic carbocycles. The number of hydrogen-bond acceptors (Lipinski definition) is 1. The van der Waals surface area contributed by atoms with Crippen molar-refractivity contribution in [2.24, 2.45) is 11.8 Å². The first-order chi connectivity index (χ1) is 5.75. The molecule has 0 saturated heterocycles. The van der Waals surface area contributed by atoms with E-state index in [9.17, 15) is 0 Å². The van der Waals surface area contributed by atoms with Gasteiger partial charge in [-0.2, -0.15) is 0 Å². The summed E-state index contributed by atoms with van der Waals surface area (Å²) >= 11 is 0. The molecule has 12 heavy (non-hydrogen) atoms. The molecule has 0 N–H and O–H groups in total. The van der Waals surface area contributed by atoms with Crippen LogP contribution in [0, 0.1) is 11.8 Å². The second-order valence-electron chi connectivity index (χ2n) is 4.19. The van der Waals surface area contributed by atoms with Gasteiger partial charge in [-0.1, -0.05) is 26.7 Å². The van der Waals surface area contributed by atoms with E-state index in [4.69, 9.17) is 4.74 Å². The summed E-state index contributed by atoms with van der Waals surface area (Å²) in [6.07, 6.45) is 6.00. The Kier molecular flexibility index (Phi) is 4.07. The summed E-state index contributed by atoms with van der Waals surface area (Å²) in [6, 6.07) is 0. The first-order valence-electron chi connectivity index (χ1n) is 5.37. The highest BCUT2D eigenvalue weighted by Crippen LogP contribution is 2.31. The molecule has 1 aliphatic carbocycles. The van der Waals surface area contributed by atoms with Crippen molar-refractivity contribution in [2.75, 3.05) is 6.61 Å². The van der Waals surface area contributed by atoms with Gasteiger partial charge in [0.2, 0.25) is 0 Å². The molecule has 0 spiro atoms. The zero-order valence-electron chi connectivity index (χ0n) is 8.68. The Hall–Kier alpha value is -0.0400. The third kappa shape index (κ3) is 2.48. The molecule has 1 saturated carbocycles. The van der Waals surface area contributed by atoms with Crippen LogP contribution in [-0.2, 0) is 4.74 Å². The van der Waals surface area contributed by atoms with E-state index < -0.39 is 0 Å². The molecule has 2 atom stereocenters. The van der Waals surface area contributed by atoms with Gasteiger partial charge in [0.1, 0.15) is 0 Å². The van der Waals surface area contributed by atoms with Crippen molar-refractivity contribution in [1.82, 2.24) is 0 Å². The van der Waals surface area contributed by atoms with Crippen molar-refractivity contribution in [1.29, 1.82) is 0 Å². The number of rotatable bonds is 3. The van der Waals surface area contributed by atoms with Crippen LogP contribution < -0.4 is 0 Å². The number of hydrogen-bond donors (Lipinski definition) is 0. The maximum Gasteiger partial charge on any atom is 0.0605 e. The van der Waals surface area contributed by atoms with Gasteiger partial charge in [0.15, 0.2) is 0 Å². The Morgan fingerprint density at radius 3 is 2.50 bits per heavy atom. The van der Waals surface area contributed by atoms with Gasteiger partial charge in [-0.25, -0.2) is 0 Å². The molecule has 72 valence electrons. The Labute approximate surface area is 76.5 Å². The van der Waals surface area contributed by atoms with E-state index in [1.807, 2.05) is 0 Å². The van der Waals surface area contributed by atoms with Crippen molar-refractivity contribution in [3.8, 4) is 0 Å². The highest BCUT2D eigenvalue weighted by atomic mass is 16.5. The van der Waals surface area contributed by atoms with E-state index in [1.54, 1.807) is 0 Å². The monoisotopic (exact) mass is 170 g/mol. The predicted octanol–water partition coefficient (Wildman–Crippen LogP) is 3.24. The quantitative estimate of drug-likeness (QED) is 0.632. The van der Waals surface area contributed by atoms with Crippen LogP contribution in [0.3, 0.4) is 0 Å². The fourth-order valence-electron chi connectivity index (χ4n) is 2.31. The Morgan fingerprint density at radius 1 is 1.25 bits per heavy atom. The molecule has 1 nitrogen and oxygen atoms in total. The standard InChI is InChI=1S/C11H22O/c1-4-12-11-8-6-5-7-10(11)9(2)3/h9-11H,4-8H2,1-3H3. The largest absolute Gasteiger partial charge is 0.378 e. The summed E-state index contributed by atoms with van der Waals surface area (Å²) in [5.74, 6) is 1.61. The third-order valence-corrected chi connectivity index (χ3v) is 2.99. The van der Waals surface area contributed by atoms with Crippen molar-refractivity contribution >= 4 is 0 Å². The summed E-state index contributed by atoms with van der Waals surface area (Å²) in [4.78, 5) is 0. The Balaban J connectivity index is 2.42. The highest BCUT2D eigenvalue weighted by molar-refractivity contribution is 4.77. The van der Waals surface area contributed by atoms with Crippen molar-refractivity contribution in [2.45, 2.75) is 52.6 Å². The van der Waals surface area contributed by atoms with Crippen LogP contribution in [0.2, 0.25) is 0 Å². The summed E-state index contributed by atoms with van der Waals surface area (Å²) < 4.78 is 5.76. The summed E-state index contributed by atoms with van der Waals surface area (Å²) in [7, 11) is 0. The highest BCUT2D eigenvalue weighted by Gasteiger charge is 2.27. The number of ether oxygens (including phenoxy) is 1. The van der Waals surface area contributed by atoms with Crippen LogP contribution in [0.5, 0.6) is 0 Å². The van der Waals surface area contributed by atoms with Crippen LogP contribution in [0.15, 0.2) is 0 Å². The maximum atomic E-state index is 5.76. The second-order valence-corrected chi connectivity index (χ2v) is 4.19. The molecule has 0 aliphatic heterocycles. The fraction of sp³-hybridized carbons (Fsp3) is 1.00. The third-order valence-electron chi connectivity index (χ3n) is 2.99. The molecule has 2 unspecified atom stereocenters. The van der Waals surface area contributed by atoms with Gasteiger partial charge in [0.25, 0.3) is 0 Å². The van der Waals surface area contributed by atoms with Gasteiger partial charge in [-0.15, -0.1) is 0 Å². The molecular formula is C11H22O. The molecule has 1 fully saturated rings. The lowest BCUT2D eigenvalue weighted by molar-refractivity contribution is -0.0197. The molecule has 1 aliphatic rings. The van der Waals surface area contributed by atoms with Crippen LogP contribution >= 0.6 is 0 Å². The van der Waals surface area contributed by atoms with Gasteiger partial charge >= 0.3 is 0 Å². The van der Waals surface area contributed by atoms with Crippen LogP contribution in [-0.4, -0.2) is 12.7 Å². The molecule has 0 radical (unpaired) electrons. The zero-order chi connectivity index (χ0) is 8.97. The second kappa shape index (κ2) is 4.86. The molecule has 0 aromatic rings. The zero-order valence-corrected chi connectivity index (χ0v) is 8.68. The topological polar surface area (TPSA) is 9.23 Å². The predicted molar refractivity (Wildman–Crippen MR) is 52.2 cm³/mol. The van der Waals surface area contributed by atoms with Crippen LogP contribution in [0.1, 0.15) is 46.5 Å². The van der Waals surface area contributed by atoms with Crippen molar-refractivity contribution in [3.05, 3.63) is 0 Å². The van der Waals surface area contributed by atoms with Gasteiger partial charge < -0.3 is 4.74 Å². The minimum absolute atomic E-state index is 0.559. The average Bonchev–Trinajstić information content (AvgIpc) is 2.05. The molecule has 0 amide bonds. The lowest BCUT2D eigenvalue weighted by Crippen LogP contribution is -2.31. The molecule has 1 heteroatoms. The fourth-order valence-corrected chi connectivity index (χ4v) is 2.31. The van der Waals surface area contributed by atoms with Crippen molar-refractivity contribution < 1.29 is 4.74 Å². The summed E-state index contributed by atoms with van der Waals surface area (Å²) in [5.41, 5.74) is 0. The Bertz CT molecular complexity index is 118. The normalized spacial score (nSPS) is 31.0. The minimum atomic E-state index is 0.559. The van der Waals surface area contributed by atoms with E-state index in [1.165, 1.54) is 25.7 Å². The first-order valence-corrected chi connectivity index (χ1v) is 5.37. The van der Waals surface area contributed by atoms with Gasteiger partial charge in [-0.3, -0.25) is 0 Å². The first kappa shape index (κ1) is 10.0. The van der Waals surface area contributed by atoms with E-state index in [-0.39, 0.29) is 0 Å². The van der Waals surface area contributed by atoms with Crippen LogP contribution in [0.4, 0.5) is 0 Å². The molecule has 0 aromatic heterocycles. The van der Waals surface area contributed by atoms with E-state index in [0.29, 0.717) is 6.10 Å². The molecule has 0 heterocycles. The van der Waals surface area contributed by atoms with Crippen molar-refractivity contribution in [3.63, 3.8) is 0 Å². The van der Waals surface area contributed by atoms with Crippen LogP contribution in [0.25, 0.3) is 0 Å². The summed E-state index contributed by atoms with van der Waals surface area (Å²) in [5, 5.41) is 0. The smallest absolute Gasteiger partial charge is 0.0605 e. The minimum Gasteiger partial charge on any atom is -0.378 e. The van der Waals surface area contributed by atoms with Gasteiger partial charge in [0, 0.05) is 6.61 Å². The van der Waals surface area contributed by atoms with Gasteiger partial charge in [-0.05, 0) is 31.6 Å². The lowest BCUT2D eigenvalue weighted by atomic mass is 9.79. The average molecular weight is 170 g/mol.